The lowest BCUT2D eigenvalue weighted by Gasteiger charge is -2.27. The summed E-state index contributed by atoms with van der Waals surface area (Å²) in [5.74, 6) is -0.413. The highest BCUT2D eigenvalue weighted by Gasteiger charge is 2.34. The van der Waals surface area contributed by atoms with E-state index in [1.807, 2.05) is 13.8 Å². The lowest BCUT2D eigenvalue weighted by atomic mass is 10.1. The number of sulfone groups is 1. The van der Waals surface area contributed by atoms with Gasteiger partial charge in [0.1, 0.15) is 0 Å². The monoisotopic (exact) mass is 388 g/mol. The van der Waals surface area contributed by atoms with E-state index in [-0.39, 0.29) is 29.0 Å². The summed E-state index contributed by atoms with van der Waals surface area (Å²) >= 11 is 0. The van der Waals surface area contributed by atoms with Crippen molar-refractivity contribution in [3.63, 3.8) is 0 Å². The van der Waals surface area contributed by atoms with E-state index in [1.54, 1.807) is 19.1 Å². The van der Waals surface area contributed by atoms with Gasteiger partial charge in [0.15, 0.2) is 9.84 Å². The minimum absolute atomic E-state index is 0.0590. The quantitative estimate of drug-likeness (QED) is 0.770. The summed E-state index contributed by atoms with van der Waals surface area (Å²) in [7, 11) is -6.91. The van der Waals surface area contributed by atoms with Gasteiger partial charge >= 0.3 is 0 Å². The summed E-state index contributed by atoms with van der Waals surface area (Å²) < 4.78 is 50.2. The smallest absolute Gasteiger partial charge is 0.241 e. The van der Waals surface area contributed by atoms with Crippen LogP contribution in [0.5, 0.6) is 0 Å². The molecule has 0 saturated carbocycles. The van der Waals surface area contributed by atoms with Gasteiger partial charge in [-0.1, -0.05) is 6.07 Å². The molecule has 1 unspecified atom stereocenters. The van der Waals surface area contributed by atoms with E-state index in [1.165, 1.54) is 11.0 Å². The fourth-order valence-electron chi connectivity index (χ4n) is 2.88. The molecule has 0 spiro atoms. The van der Waals surface area contributed by atoms with Gasteiger partial charge in [0.2, 0.25) is 15.9 Å². The molecule has 1 aromatic carbocycles. The molecule has 0 aromatic heterocycles. The van der Waals surface area contributed by atoms with Gasteiger partial charge in [0.05, 0.1) is 22.9 Å². The summed E-state index contributed by atoms with van der Waals surface area (Å²) in [6, 6.07) is 4.39. The Morgan fingerprint density at radius 3 is 2.48 bits per heavy atom. The molecule has 1 fully saturated rings. The molecule has 25 heavy (non-hydrogen) atoms. The van der Waals surface area contributed by atoms with Crippen LogP contribution >= 0.6 is 0 Å². The summed E-state index contributed by atoms with van der Waals surface area (Å²) in [5, 5.41) is 0. The lowest BCUT2D eigenvalue weighted by molar-refractivity contribution is -0.131. The van der Waals surface area contributed by atoms with Crippen molar-refractivity contribution in [2.45, 2.75) is 38.1 Å². The van der Waals surface area contributed by atoms with Gasteiger partial charge in [-0.3, -0.25) is 4.79 Å². The molecule has 1 atom stereocenters. The first-order chi connectivity index (χ1) is 11.6. The Bertz CT molecular complexity index is 863. The van der Waals surface area contributed by atoms with Crippen LogP contribution in [0.4, 0.5) is 0 Å². The fourth-order valence-corrected chi connectivity index (χ4v) is 5.67. The van der Waals surface area contributed by atoms with Crippen molar-refractivity contribution in [2.24, 2.45) is 0 Å². The van der Waals surface area contributed by atoms with E-state index in [9.17, 15) is 21.6 Å². The van der Waals surface area contributed by atoms with Crippen LogP contribution < -0.4 is 4.72 Å². The standard InChI is InChI=1S/C16H24N2O5S2/c1-4-18(14-7-8-24(20,21)11-14)16(19)10-17-25(22,23)15-6-5-12(2)13(3)9-15/h5-6,9,14,17H,4,7-8,10-11H2,1-3H3. The van der Waals surface area contributed by atoms with E-state index in [4.69, 9.17) is 0 Å². The van der Waals surface area contributed by atoms with Crippen LogP contribution in [0.3, 0.4) is 0 Å². The SMILES string of the molecule is CCN(C(=O)CNS(=O)(=O)c1ccc(C)c(C)c1)C1CCS(=O)(=O)C1. The Labute approximate surface area is 149 Å². The predicted molar refractivity (Wildman–Crippen MR) is 95.6 cm³/mol. The van der Waals surface area contributed by atoms with Gasteiger partial charge in [0, 0.05) is 12.6 Å². The number of benzene rings is 1. The van der Waals surface area contributed by atoms with Crippen molar-refractivity contribution in [2.75, 3.05) is 24.6 Å². The molecule has 1 N–H and O–H groups in total. The Kier molecular flexibility index (Phi) is 5.90. The van der Waals surface area contributed by atoms with Crippen LogP contribution in [0, 0.1) is 13.8 Å². The number of rotatable bonds is 6. The Morgan fingerprint density at radius 2 is 1.96 bits per heavy atom. The first-order valence-electron chi connectivity index (χ1n) is 8.12. The maximum atomic E-state index is 12.4. The van der Waals surface area contributed by atoms with Crippen LogP contribution in [-0.2, 0) is 24.7 Å². The number of nitrogens with one attached hydrogen (secondary N) is 1. The first kappa shape index (κ1) is 19.9. The summed E-state index contributed by atoms with van der Waals surface area (Å²) in [6.07, 6.45) is 0.395. The number of carbonyl (C=O) groups is 1. The number of likely N-dealkylation sites (N-methyl/N-ethyl adjacent to an activating group) is 1. The minimum Gasteiger partial charge on any atom is -0.338 e. The van der Waals surface area contributed by atoms with Gasteiger partial charge in [-0.05, 0) is 50.5 Å². The second kappa shape index (κ2) is 7.43. The Balaban J connectivity index is 2.05. The fraction of sp³-hybridized carbons (Fsp3) is 0.562. The number of nitrogens with zero attached hydrogens (tertiary/aromatic N) is 1. The maximum absolute atomic E-state index is 12.4. The van der Waals surface area contributed by atoms with Gasteiger partial charge in [-0.25, -0.2) is 21.6 Å². The number of hydrogen-bond acceptors (Lipinski definition) is 5. The molecule has 0 bridgehead atoms. The molecular formula is C16H24N2O5S2. The number of hydrogen-bond donors (Lipinski definition) is 1. The van der Waals surface area contributed by atoms with Crippen LogP contribution in [0.15, 0.2) is 23.1 Å². The molecule has 0 radical (unpaired) electrons. The van der Waals surface area contributed by atoms with Crippen molar-refractivity contribution in [1.82, 2.24) is 9.62 Å². The van der Waals surface area contributed by atoms with E-state index in [2.05, 4.69) is 4.72 Å². The molecular weight excluding hydrogens is 364 g/mol. The highest BCUT2D eigenvalue weighted by molar-refractivity contribution is 7.91. The lowest BCUT2D eigenvalue weighted by Crippen LogP contribution is -2.46. The summed E-state index contributed by atoms with van der Waals surface area (Å²) in [4.78, 5) is 13.9. The predicted octanol–water partition coefficient (Wildman–Crippen LogP) is 0.617. The Morgan fingerprint density at radius 1 is 1.28 bits per heavy atom. The molecule has 1 heterocycles. The zero-order chi connectivity index (χ0) is 18.8. The number of sulfonamides is 1. The minimum atomic E-state index is -3.80. The summed E-state index contributed by atoms with van der Waals surface area (Å²) in [5.41, 5.74) is 1.83. The molecule has 9 heteroatoms. The van der Waals surface area contributed by atoms with E-state index < -0.39 is 25.8 Å². The molecule has 1 aliphatic heterocycles. The highest BCUT2D eigenvalue weighted by Crippen LogP contribution is 2.18. The molecule has 1 saturated heterocycles. The van der Waals surface area contributed by atoms with Gasteiger partial charge in [0.25, 0.3) is 0 Å². The first-order valence-corrected chi connectivity index (χ1v) is 11.4. The maximum Gasteiger partial charge on any atom is 0.241 e. The van der Waals surface area contributed by atoms with Crippen molar-refractivity contribution in [3.05, 3.63) is 29.3 Å². The molecule has 140 valence electrons. The number of aryl methyl sites for hydroxylation is 2. The number of amides is 1. The topological polar surface area (TPSA) is 101 Å². The highest BCUT2D eigenvalue weighted by atomic mass is 32.2. The van der Waals surface area contributed by atoms with Crippen molar-refractivity contribution < 1.29 is 21.6 Å². The molecule has 0 aliphatic carbocycles. The Hall–Kier alpha value is -1.45. The average Bonchev–Trinajstić information content (AvgIpc) is 2.88. The van der Waals surface area contributed by atoms with Gasteiger partial charge < -0.3 is 4.90 Å². The zero-order valence-electron chi connectivity index (χ0n) is 14.6. The van der Waals surface area contributed by atoms with Crippen LogP contribution in [0.2, 0.25) is 0 Å². The van der Waals surface area contributed by atoms with Gasteiger partial charge in [-0.15, -0.1) is 0 Å². The molecule has 1 aliphatic rings. The van der Waals surface area contributed by atoms with E-state index in [0.29, 0.717) is 13.0 Å². The van der Waals surface area contributed by atoms with Crippen LogP contribution in [-0.4, -0.2) is 58.3 Å². The second-order valence-corrected chi connectivity index (χ2v) is 10.3. The third-order valence-corrected chi connectivity index (χ3v) is 7.66. The van der Waals surface area contributed by atoms with Crippen LogP contribution in [0.25, 0.3) is 0 Å². The summed E-state index contributed by atoms with van der Waals surface area (Å²) in [6.45, 7) is 5.40. The average molecular weight is 389 g/mol. The zero-order valence-corrected chi connectivity index (χ0v) is 16.3. The van der Waals surface area contributed by atoms with Gasteiger partial charge in [-0.2, -0.15) is 0 Å². The molecule has 1 aromatic rings. The third kappa shape index (κ3) is 4.80. The molecule has 7 nitrogen and oxygen atoms in total. The number of carbonyl (C=O) groups excluding carboxylic acids is 1. The second-order valence-electron chi connectivity index (χ2n) is 6.31. The normalized spacial score (nSPS) is 19.7. The largest absolute Gasteiger partial charge is 0.338 e. The van der Waals surface area contributed by atoms with Crippen LogP contribution in [0.1, 0.15) is 24.5 Å². The van der Waals surface area contributed by atoms with Crippen molar-refractivity contribution in [3.8, 4) is 0 Å². The molecule has 1 amide bonds. The third-order valence-electron chi connectivity index (χ3n) is 4.51. The molecule has 2 rings (SSSR count). The van der Waals surface area contributed by atoms with Crippen molar-refractivity contribution in [1.29, 1.82) is 0 Å². The van der Waals surface area contributed by atoms with E-state index >= 15 is 0 Å². The van der Waals surface area contributed by atoms with Crippen molar-refractivity contribution >= 4 is 25.8 Å². The van der Waals surface area contributed by atoms with E-state index in [0.717, 1.165) is 11.1 Å².